The number of carboxylic acid groups (broad SMARTS) is 1. The van der Waals surface area contributed by atoms with E-state index in [9.17, 15) is 18.0 Å². The van der Waals surface area contributed by atoms with Crippen LogP contribution in [0, 0.1) is 0 Å². The SMILES string of the molecule is CCN(CC)S(=O)(=O)c1ccc(OC)c(-c2nc3ccc(C(=O)O)cc3c(=O)[nH]2)c1. The Labute approximate surface area is 173 Å². The minimum Gasteiger partial charge on any atom is -0.496 e. The summed E-state index contributed by atoms with van der Waals surface area (Å²) in [6, 6.07) is 8.37. The van der Waals surface area contributed by atoms with Crippen molar-refractivity contribution < 1.29 is 23.1 Å². The number of carboxylic acids is 1. The maximum Gasteiger partial charge on any atom is 0.335 e. The van der Waals surface area contributed by atoms with Gasteiger partial charge < -0.3 is 14.8 Å². The molecule has 0 bridgehead atoms. The third-order valence-corrected chi connectivity index (χ3v) is 6.77. The van der Waals surface area contributed by atoms with E-state index >= 15 is 0 Å². The van der Waals surface area contributed by atoms with Crippen LogP contribution in [0.15, 0.2) is 46.1 Å². The zero-order chi connectivity index (χ0) is 22.1. The highest BCUT2D eigenvalue weighted by Crippen LogP contribution is 2.31. The summed E-state index contributed by atoms with van der Waals surface area (Å²) in [7, 11) is -2.31. The first-order valence-electron chi connectivity index (χ1n) is 9.18. The van der Waals surface area contributed by atoms with Crippen molar-refractivity contribution in [2.24, 2.45) is 0 Å². The zero-order valence-corrected chi connectivity index (χ0v) is 17.5. The van der Waals surface area contributed by atoms with Crippen LogP contribution >= 0.6 is 0 Å². The number of rotatable bonds is 7. The third-order valence-electron chi connectivity index (χ3n) is 4.72. The van der Waals surface area contributed by atoms with Gasteiger partial charge in [0, 0.05) is 13.1 Å². The normalized spacial score (nSPS) is 11.7. The Kier molecular flexibility index (Phi) is 5.90. The predicted molar refractivity (Wildman–Crippen MR) is 111 cm³/mol. The maximum absolute atomic E-state index is 12.9. The fraction of sp³-hybridized carbons (Fsp3) is 0.250. The van der Waals surface area contributed by atoms with Crippen LogP contribution in [0.25, 0.3) is 22.3 Å². The smallest absolute Gasteiger partial charge is 0.335 e. The van der Waals surface area contributed by atoms with E-state index in [4.69, 9.17) is 9.84 Å². The van der Waals surface area contributed by atoms with Crippen LogP contribution in [0.2, 0.25) is 0 Å². The van der Waals surface area contributed by atoms with Crippen molar-refractivity contribution in [3.05, 3.63) is 52.3 Å². The summed E-state index contributed by atoms with van der Waals surface area (Å²) in [4.78, 5) is 30.8. The highest BCUT2D eigenvalue weighted by molar-refractivity contribution is 7.89. The van der Waals surface area contributed by atoms with Gasteiger partial charge in [0.15, 0.2) is 0 Å². The van der Waals surface area contributed by atoms with Gasteiger partial charge in [0.2, 0.25) is 10.0 Å². The molecule has 0 saturated heterocycles. The number of methoxy groups -OCH3 is 1. The average molecular weight is 431 g/mol. The van der Waals surface area contributed by atoms with Crippen LogP contribution in [0.1, 0.15) is 24.2 Å². The molecular formula is C20H21N3O6S. The molecule has 2 N–H and O–H groups in total. The van der Waals surface area contributed by atoms with Crippen molar-refractivity contribution in [2.45, 2.75) is 18.7 Å². The lowest BCUT2D eigenvalue weighted by Gasteiger charge is -2.19. The van der Waals surface area contributed by atoms with Crippen molar-refractivity contribution in [1.29, 1.82) is 0 Å². The number of hydrogen-bond acceptors (Lipinski definition) is 6. The summed E-state index contributed by atoms with van der Waals surface area (Å²) in [5, 5.41) is 9.23. The molecular weight excluding hydrogens is 410 g/mol. The van der Waals surface area contributed by atoms with Crippen LogP contribution in [0.4, 0.5) is 0 Å². The van der Waals surface area contributed by atoms with Crippen molar-refractivity contribution in [3.63, 3.8) is 0 Å². The molecule has 0 aliphatic carbocycles. The molecule has 0 amide bonds. The first kappa shape index (κ1) is 21.5. The molecule has 0 fully saturated rings. The molecule has 0 aliphatic heterocycles. The fourth-order valence-corrected chi connectivity index (χ4v) is 4.63. The molecule has 0 atom stereocenters. The van der Waals surface area contributed by atoms with E-state index in [1.807, 2.05) is 0 Å². The largest absolute Gasteiger partial charge is 0.496 e. The standard InChI is InChI=1S/C20H21N3O6S/c1-4-23(5-2)30(27,28)13-7-9-17(29-3)15(11-13)18-21-16-8-6-12(20(25)26)10-14(16)19(24)22-18/h6-11H,4-5H2,1-3H3,(H,25,26)(H,21,22,24). The first-order chi connectivity index (χ1) is 14.2. The molecule has 1 aromatic heterocycles. The number of carbonyl (C=O) groups is 1. The minimum atomic E-state index is -3.73. The van der Waals surface area contributed by atoms with Crippen molar-refractivity contribution in [1.82, 2.24) is 14.3 Å². The van der Waals surface area contributed by atoms with Crippen LogP contribution in [0.5, 0.6) is 5.75 Å². The van der Waals surface area contributed by atoms with Gasteiger partial charge in [-0.1, -0.05) is 13.8 Å². The number of benzene rings is 2. The number of aromatic amines is 1. The van der Waals surface area contributed by atoms with Crippen molar-refractivity contribution >= 4 is 26.9 Å². The number of hydrogen-bond donors (Lipinski definition) is 2. The van der Waals surface area contributed by atoms with Gasteiger partial charge in [-0.05, 0) is 36.4 Å². The monoisotopic (exact) mass is 431 g/mol. The zero-order valence-electron chi connectivity index (χ0n) is 16.7. The lowest BCUT2D eigenvalue weighted by Crippen LogP contribution is -2.30. The van der Waals surface area contributed by atoms with Gasteiger partial charge in [-0.2, -0.15) is 4.31 Å². The minimum absolute atomic E-state index is 0.0348. The number of aromatic carboxylic acids is 1. The molecule has 10 heteroatoms. The van der Waals surface area contributed by atoms with Crippen molar-refractivity contribution in [2.75, 3.05) is 20.2 Å². The highest BCUT2D eigenvalue weighted by Gasteiger charge is 2.24. The summed E-state index contributed by atoms with van der Waals surface area (Å²) >= 11 is 0. The van der Waals surface area contributed by atoms with Crippen LogP contribution in [-0.2, 0) is 10.0 Å². The second-order valence-electron chi connectivity index (χ2n) is 6.40. The van der Waals surface area contributed by atoms with E-state index in [0.717, 1.165) is 0 Å². The molecule has 0 aliphatic rings. The number of sulfonamides is 1. The third kappa shape index (κ3) is 3.79. The topological polar surface area (TPSA) is 130 Å². The summed E-state index contributed by atoms with van der Waals surface area (Å²) in [6.07, 6.45) is 0. The van der Waals surface area contributed by atoms with Gasteiger partial charge in [-0.25, -0.2) is 18.2 Å². The Morgan fingerprint density at radius 3 is 2.47 bits per heavy atom. The number of fused-ring (bicyclic) bond motifs is 1. The van der Waals surface area contributed by atoms with Gasteiger partial charge in [0.25, 0.3) is 5.56 Å². The van der Waals surface area contributed by atoms with E-state index in [-0.39, 0.29) is 27.2 Å². The average Bonchev–Trinajstić information content (AvgIpc) is 2.73. The Bertz CT molecular complexity index is 1280. The number of nitrogens with one attached hydrogen (secondary N) is 1. The summed E-state index contributed by atoms with van der Waals surface area (Å²) in [5.74, 6) is -0.710. The Morgan fingerprint density at radius 2 is 1.87 bits per heavy atom. The van der Waals surface area contributed by atoms with E-state index in [1.54, 1.807) is 13.8 Å². The Morgan fingerprint density at radius 1 is 1.17 bits per heavy atom. The predicted octanol–water partition coefficient (Wildman–Crippen LogP) is 2.33. The molecule has 2 aromatic carbocycles. The molecule has 0 saturated carbocycles. The molecule has 1 heterocycles. The molecule has 158 valence electrons. The first-order valence-corrected chi connectivity index (χ1v) is 10.6. The number of nitrogens with zero attached hydrogens (tertiary/aromatic N) is 2. The highest BCUT2D eigenvalue weighted by atomic mass is 32.2. The van der Waals surface area contributed by atoms with Crippen molar-refractivity contribution in [3.8, 4) is 17.1 Å². The fourth-order valence-electron chi connectivity index (χ4n) is 3.14. The van der Waals surface area contributed by atoms with E-state index in [1.165, 1.54) is 47.8 Å². The van der Waals surface area contributed by atoms with E-state index in [2.05, 4.69) is 9.97 Å². The Hall–Kier alpha value is -3.24. The molecule has 0 unspecified atom stereocenters. The molecule has 3 rings (SSSR count). The molecule has 0 radical (unpaired) electrons. The van der Waals surface area contributed by atoms with Crippen LogP contribution < -0.4 is 10.3 Å². The second-order valence-corrected chi connectivity index (χ2v) is 8.34. The van der Waals surface area contributed by atoms with E-state index < -0.39 is 21.6 Å². The number of aromatic nitrogens is 2. The molecule has 3 aromatic rings. The number of H-pyrrole nitrogens is 1. The summed E-state index contributed by atoms with van der Waals surface area (Å²) < 4.78 is 32.4. The molecule has 9 nitrogen and oxygen atoms in total. The number of ether oxygens (including phenoxy) is 1. The quantitative estimate of drug-likeness (QED) is 0.587. The van der Waals surface area contributed by atoms with Crippen LogP contribution in [-0.4, -0.2) is 54.0 Å². The molecule has 0 spiro atoms. The van der Waals surface area contributed by atoms with Gasteiger partial charge in [0.05, 0.1) is 34.0 Å². The van der Waals surface area contributed by atoms with Gasteiger partial charge in [0.1, 0.15) is 11.6 Å². The second kappa shape index (κ2) is 8.25. The lowest BCUT2D eigenvalue weighted by atomic mass is 10.1. The molecule has 30 heavy (non-hydrogen) atoms. The maximum atomic E-state index is 12.9. The Balaban J connectivity index is 2.22. The van der Waals surface area contributed by atoms with Gasteiger partial charge in [-0.15, -0.1) is 0 Å². The summed E-state index contributed by atoms with van der Waals surface area (Å²) in [5.41, 5.74) is -0.00514. The lowest BCUT2D eigenvalue weighted by molar-refractivity contribution is 0.0697. The van der Waals surface area contributed by atoms with Gasteiger partial charge in [-0.3, -0.25) is 4.79 Å². The summed E-state index contributed by atoms with van der Waals surface area (Å²) in [6.45, 7) is 4.13. The van der Waals surface area contributed by atoms with Crippen LogP contribution in [0.3, 0.4) is 0 Å². The van der Waals surface area contributed by atoms with E-state index in [0.29, 0.717) is 24.4 Å². The van der Waals surface area contributed by atoms with Gasteiger partial charge >= 0.3 is 5.97 Å².